The average molecular weight is 377 g/mol. The Morgan fingerprint density at radius 2 is 1.93 bits per heavy atom. The van der Waals surface area contributed by atoms with E-state index in [0.29, 0.717) is 19.2 Å². The second-order valence-electron chi connectivity index (χ2n) is 7.59. The second kappa shape index (κ2) is 8.05. The summed E-state index contributed by atoms with van der Waals surface area (Å²) in [5.74, 6) is 1.78. The number of piperidine rings is 1. The molecule has 1 aliphatic rings. The number of para-hydroxylation sites is 3. The number of imidazole rings is 1. The van der Waals surface area contributed by atoms with Gasteiger partial charge in [0, 0.05) is 12.6 Å². The molecular weight excluding hydrogens is 350 g/mol. The molecular formula is C23H27N3O2. The van der Waals surface area contributed by atoms with Gasteiger partial charge in [0.1, 0.15) is 24.7 Å². The SMILES string of the molecule is Cc1ccccc1OCc1nc2ccccc2n1CC(=O)N1CCCCC1C. The van der Waals surface area contributed by atoms with E-state index in [1.807, 2.05) is 64.9 Å². The van der Waals surface area contributed by atoms with Crippen molar-refractivity contribution in [2.75, 3.05) is 6.54 Å². The number of amides is 1. The molecule has 1 fully saturated rings. The van der Waals surface area contributed by atoms with Crippen LogP contribution < -0.4 is 4.74 Å². The molecule has 3 aromatic rings. The summed E-state index contributed by atoms with van der Waals surface area (Å²) in [4.78, 5) is 19.8. The highest BCUT2D eigenvalue weighted by Gasteiger charge is 2.24. The molecule has 2 heterocycles. The van der Waals surface area contributed by atoms with Gasteiger partial charge < -0.3 is 14.2 Å². The maximum Gasteiger partial charge on any atom is 0.242 e. The molecule has 2 aromatic carbocycles. The summed E-state index contributed by atoms with van der Waals surface area (Å²) in [5, 5.41) is 0. The van der Waals surface area contributed by atoms with Crippen LogP contribution in [0.4, 0.5) is 0 Å². The van der Waals surface area contributed by atoms with Crippen LogP contribution in [0.1, 0.15) is 37.6 Å². The fourth-order valence-electron chi connectivity index (χ4n) is 3.97. The number of nitrogens with zero attached hydrogens (tertiary/aromatic N) is 3. The molecule has 1 unspecified atom stereocenters. The van der Waals surface area contributed by atoms with Gasteiger partial charge in [0.15, 0.2) is 0 Å². The highest BCUT2D eigenvalue weighted by molar-refractivity contribution is 5.81. The Kier molecular flexibility index (Phi) is 5.33. The summed E-state index contributed by atoms with van der Waals surface area (Å²) < 4.78 is 8.04. The Labute approximate surface area is 165 Å². The van der Waals surface area contributed by atoms with Gasteiger partial charge in [-0.25, -0.2) is 4.98 Å². The Balaban J connectivity index is 1.60. The van der Waals surface area contributed by atoms with E-state index in [0.717, 1.165) is 47.6 Å². The van der Waals surface area contributed by atoms with Crippen LogP contribution in [-0.2, 0) is 17.9 Å². The fraction of sp³-hybridized carbons (Fsp3) is 0.391. The highest BCUT2D eigenvalue weighted by Crippen LogP contribution is 2.22. The lowest BCUT2D eigenvalue weighted by atomic mass is 10.0. The van der Waals surface area contributed by atoms with Crippen LogP contribution in [0.2, 0.25) is 0 Å². The van der Waals surface area contributed by atoms with E-state index in [1.54, 1.807) is 0 Å². The van der Waals surface area contributed by atoms with Gasteiger partial charge in [0.05, 0.1) is 11.0 Å². The van der Waals surface area contributed by atoms with Crippen molar-refractivity contribution in [3.8, 4) is 5.75 Å². The first-order valence-electron chi connectivity index (χ1n) is 10.1. The zero-order chi connectivity index (χ0) is 19.5. The number of hydrogen-bond donors (Lipinski definition) is 0. The monoisotopic (exact) mass is 377 g/mol. The number of aryl methyl sites for hydroxylation is 1. The van der Waals surface area contributed by atoms with Crippen molar-refractivity contribution < 1.29 is 9.53 Å². The Hall–Kier alpha value is -2.82. The molecule has 0 spiro atoms. The van der Waals surface area contributed by atoms with Crippen molar-refractivity contribution in [1.82, 2.24) is 14.5 Å². The first kappa shape index (κ1) is 18.5. The summed E-state index contributed by atoms with van der Waals surface area (Å²) in [7, 11) is 0. The molecule has 0 saturated carbocycles. The molecule has 4 rings (SSSR count). The van der Waals surface area contributed by atoms with E-state index < -0.39 is 0 Å². The molecule has 0 aliphatic carbocycles. The minimum atomic E-state index is 0.160. The Morgan fingerprint density at radius 3 is 2.75 bits per heavy atom. The average Bonchev–Trinajstić information content (AvgIpc) is 3.05. The topological polar surface area (TPSA) is 47.4 Å². The van der Waals surface area contributed by atoms with Gasteiger partial charge in [0.25, 0.3) is 0 Å². The minimum Gasteiger partial charge on any atom is -0.485 e. The lowest BCUT2D eigenvalue weighted by Crippen LogP contribution is -2.43. The van der Waals surface area contributed by atoms with Crippen LogP contribution in [0.3, 0.4) is 0 Å². The maximum atomic E-state index is 13.0. The molecule has 1 aliphatic heterocycles. The predicted molar refractivity (Wildman–Crippen MR) is 110 cm³/mol. The summed E-state index contributed by atoms with van der Waals surface area (Å²) in [5.41, 5.74) is 2.96. The number of benzene rings is 2. The van der Waals surface area contributed by atoms with E-state index in [4.69, 9.17) is 9.72 Å². The first-order chi connectivity index (χ1) is 13.6. The van der Waals surface area contributed by atoms with E-state index in [1.165, 1.54) is 6.42 Å². The predicted octanol–water partition coefficient (Wildman–Crippen LogP) is 4.32. The minimum absolute atomic E-state index is 0.160. The normalized spacial score (nSPS) is 17.1. The molecule has 5 nitrogen and oxygen atoms in total. The largest absolute Gasteiger partial charge is 0.485 e. The van der Waals surface area contributed by atoms with Crippen LogP contribution in [0.25, 0.3) is 11.0 Å². The Bertz CT molecular complexity index is 979. The van der Waals surface area contributed by atoms with Crippen molar-refractivity contribution in [1.29, 1.82) is 0 Å². The number of rotatable bonds is 5. The molecule has 146 valence electrons. The molecule has 5 heteroatoms. The number of fused-ring (bicyclic) bond motifs is 1. The van der Waals surface area contributed by atoms with E-state index in [9.17, 15) is 4.79 Å². The summed E-state index contributed by atoms with van der Waals surface area (Å²) in [6, 6.07) is 16.2. The second-order valence-corrected chi connectivity index (χ2v) is 7.59. The quantitative estimate of drug-likeness (QED) is 0.665. The third kappa shape index (κ3) is 3.75. The Morgan fingerprint density at radius 1 is 1.14 bits per heavy atom. The standard InChI is InChI=1S/C23H27N3O2/c1-17-9-3-6-13-21(17)28-16-22-24-19-11-4-5-12-20(19)26(22)15-23(27)25-14-8-7-10-18(25)2/h3-6,9,11-13,18H,7-8,10,14-16H2,1-2H3. The number of likely N-dealkylation sites (tertiary alicyclic amines) is 1. The maximum absolute atomic E-state index is 13.0. The van der Waals surface area contributed by atoms with Crippen molar-refractivity contribution in [2.24, 2.45) is 0 Å². The highest BCUT2D eigenvalue weighted by atomic mass is 16.5. The van der Waals surface area contributed by atoms with E-state index in [-0.39, 0.29) is 5.91 Å². The zero-order valence-corrected chi connectivity index (χ0v) is 16.6. The first-order valence-corrected chi connectivity index (χ1v) is 10.1. The molecule has 0 radical (unpaired) electrons. The van der Waals surface area contributed by atoms with Crippen molar-refractivity contribution >= 4 is 16.9 Å². The summed E-state index contributed by atoms with van der Waals surface area (Å²) >= 11 is 0. The molecule has 0 bridgehead atoms. The van der Waals surface area contributed by atoms with Crippen LogP contribution in [0.15, 0.2) is 48.5 Å². The van der Waals surface area contributed by atoms with Crippen molar-refractivity contribution in [2.45, 2.75) is 52.3 Å². The summed E-state index contributed by atoms with van der Waals surface area (Å²) in [6.45, 7) is 5.66. The third-order valence-electron chi connectivity index (χ3n) is 5.60. The summed E-state index contributed by atoms with van der Waals surface area (Å²) in [6.07, 6.45) is 3.37. The van der Waals surface area contributed by atoms with Gasteiger partial charge in [-0.2, -0.15) is 0 Å². The number of ether oxygens (including phenoxy) is 1. The molecule has 1 atom stereocenters. The van der Waals surface area contributed by atoms with Gasteiger partial charge in [-0.05, 0) is 56.9 Å². The molecule has 1 aromatic heterocycles. The molecule has 0 N–H and O–H groups in total. The van der Waals surface area contributed by atoms with Crippen LogP contribution in [0, 0.1) is 6.92 Å². The van der Waals surface area contributed by atoms with E-state index in [2.05, 4.69) is 6.92 Å². The van der Waals surface area contributed by atoms with Gasteiger partial charge in [-0.1, -0.05) is 30.3 Å². The molecule has 1 amide bonds. The van der Waals surface area contributed by atoms with Crippen LogP contribution >= 0.6 is 0 Å². The number of hydrogen-bond acceptors (Lipinski definition) is 3. The lowest BCUT2D eigenvalue weighted by molar-refractivity contribution is -0.135. The van der Waals surface area contributed by atoms with E-state index >= 15 is 0 Å². The van der Waals surface area contributed by atoms with Gasteiger partial charge in [0.2, 0.25) is 5.91 Å². The van der Waals surface area contributed by atoms with Crippen molar-refractivity contribution in [3.63, 3.8) is 0 Å². The lowest BCUT2D eigenvalue weighted by Gasteiger charge is -2.33. The molecule has 28 heavy (non-hydrogen) atoms. The molecule has 1 saturated heterocycles. The van der Waals surface area contributed by atoms with Crippen LogP contribution in [-0.4, -0.2) is 32.9 Å². The van der Waals surface area contributed by atoms with Gasteiger partial charge in [-0.15, -0.1) is 0 Å². The van der Waals surface area contributed by atoms with Gasteiger partial charge in [-0.3, -0.25) is 4.79 Å². The smallest absolute Gasteiger partial charge is 0.242 e. The zero-order valence-electron chi connectivity index (χ0n) is 16.6. The number of carbonyl (C=O) groups is 1. The third-order valence-corrected chi connectivity index (χ3v) is 5.60. The van der Waals surface area contributed by atoms with Crippen LogP contribution in [0.5, 0.6) is 5.75 Å². The van der Waals surface area contributed by atoms with Crippen molar-refractivity contribution in [3.05, 3.63) is 59.9 Å². The fourth-order valence-corrected chi connectivity index (χ4v) is 3.97. The number of carbonyl (C=O) groups excluding carboxylic acids is 1. The van der Waals surface area contributed by atoms with Gasteiger partial charge >= 0.3 is 0 Å². The number of aromatic nitrogens is 2.